The lowest BCUT2D eigenvalue weighted by Crippen LogP contribution is -2.45. The van der Waals surface area contributed by atoms with Gasteiger partial charge in [0.1, 0.15) is 0 Å². The van der Waals surface area contributed by atoms with E-state index in [0.29, 0.717) is 5.56 Å². The molecule has 1 aliphatic heterocycles. The molecule has 0 saturated carbocycles. The highest BCUT2D eigenvalue weighted by atomic mass is 16.1. The molecular formula is C19H23N3O. The van der Waals surface area contributed by atoms with Crippen LogP contribution in [0.15, 0.2) is 48.5 Å². The van der Waals surface area contributed by atoms with E-state index in [-0.39, 0.29) is 5.91 Å². The fraction of sp³-hybridized carbons (Fsp3) is 0.316. The summed E-state index contributed by atoms with van der Waals surface area (Å²) in [6.45, 7) is 7.24. The summed E-state index contributed by atoms with van der Waals surface area (Å²) in [5, 5.41) is 0. The highest BCUT2D eigenvalue weighted by Gasteiger charge is 2.17. The summed E-state index contributed by atoms with van der Waals surface area (Å²) in [5.41, 5.74) is 9.70. The first-order chi connectivity index (χ1) is 11.1. The fourth-order valence-corrected chi connectivity index (χ4v) is 3.07. The number of carbonyl (C=O) groups is 1. The zero-order valence-corrected chi connectivity index (χ0v) is 13.5. The van der Waals surface area contributed by atoms with Crippen LogP contribution in [-0.4, -0.2) is 37.0 Å². The number of carbonyl (C=O) groups excluding carboxylic acids is 1. The fourth-order valence-electron chi connectivity index (χ4n) is 3.07. The third kappa shape index (κ3) is 3.90. The second-order valence-corrected chi connectivity index (χ2v) is 6.16. The van der Waals surface area contributed by atoms with E-state index in [9.17, 15) is 4.79 Å². The number of hydrogen-bond acceptors (Lipinski definition) is 3. The number of aryl methyl sites for hydroxylation is 1. The van der Waals surface area contributed by atoms with Crippen molar-refractivity contribution >= 4 is 11.6 Å². The van der Waals surface area contributed by atoms with Gasteiger partial charge in [-0.15, -0.1) is 0 Å². The van der Waals surface area contributed by atoms with Crippen LogP contribution < -0.4 is 10.6 Å². The lowest BCUT2D eigenvalue weighted by molar-refractivity contribution is 0.100. The lowest BCUT2D eigenvalue weighted by atomic mass is 10.1. The van der Waals surface area contributed by atoms with Crippen molar-refractivity contribution < 1.29 is 4.79 Å². The summed E-state index contributed by atoms with van der Waals surface area (Å²) >= 11 is 0. The number of hydrogen-bond donors (Lipinski definition) is 1. The van der Waals surface area contributed by atoms with Crippen molar-refractivity contribution in [2.24, 2.45) is 5.73 Å². The van der Waals surface area contributed by atoms with Crippen LogP contribution in [0.5, 0.6) is 0 Å². The number of amides is 1. The second-order valence-electron chi connectivity index (χ2n) is 6.16. The highest BCUT2D eigenvalue weighted by molar-refractivity contribution is 5.93. The predicted molar refractivity (Wildman–Crippen MR) is 93.6 cm³/mol. The molecule has 1 fully saturated rings. The SMILES string of the molecule is Cc1cccc(CN2CCN(c3ccc(C(N)=O)cc3)CC2)c1. The minimum atomic E-state index is -0.375. The maximum absolute atomic E-state index is 11.1. The van der Waals surface area contributed by atoms with Crippen LogP contribution in [0.1, 0.15) is 21.5 Å². The molecule has 0 bridgehead atoms. The Kier molecular flexibility index (Phi) is 4.63. The maximum Gasteiger partial charge on any atom is 0.248 e. The van der Waals surface area contributed by atoms with Gasteiger partial charge in [0.25, 0.3) is 0 Å². The molecule has 1 amide bonds. The molecular weight excluding hydrogens is 286 g/mol. The number of nitrogens with zero attached hydrogens (tertiary/aromatic N) is 2. The molecule has 120 valence electrons. The molecule has 2 aromatic carbocycles. The molecule has 23 heavy (non-hydrogen) atoms. The molecule has 3 rings (SSSR count). The van der Waals surface area contributed by atoms with E-state index in [0.717, 1.165) is 38.4 Å². The Morgan fingerprint density at radius 1 is 1.04 bits per heavy atom. The quantitative estimate of drug-likeness (QED) is 0.943. The summed E-state index contributed by atoms with van der Waals surface area (Å²) in [6.07, 6.45) is 0. The van der Waals surface area contributed by atoms with Gasteiger partial charge in [-0.3, -0.25) is 9.69 Å². The van der Waals surface area contributed by atoms with Crippen molar-refractivity contribution in [3.05, 3.63) is 65.2 Å². The molecule has 2 aromatic rings. The number of primary amides is 1. The average Bonchev–Trinajstić information content (AvgIpc) is 2.56. The minimum Gasteiger partial charge on any atom is -0.369 e. The molecule has 1 saturated heterocycles. The molecule has 2 N–H and O–H groups in total. The smallest absolute Gasteiger partial charge is 0.248 e. The Bertz CT molecular complexity index is 673. The molecule has 4 nitrogen and oxygen atoms in total. The van der Waals surface area contributed by atoms with E-state index in [4.69, 9.17) is 5.73 Å². The van der Waals surface area contributed by atoms with Crippen LogP contribution >= 0.6 is 0 Å². The van der Waals surface area contributed by atoms with Gasteiger partial charge in [-0.1, -0.05) is 29.8 Å². The zero-order valence-electron chi connectivity index (χ0n) is 13.5. The van der Waals surface area contributed by atoms with Crippen molar-refractivity contribution in [3.8, 4) is 0 Å². The molecule has 1 aliphatic rings. The molecule has 0 aromatic heterocycles. The van der Waals surface area contributed by atoms with E-state index in [1.54, 1.807) is 12.1 Å². The first kappa shape index (κ1) is 15.6. The van der Waals surface area contributed by atoms with Gasteiger partial charge in [-0.25, -0.2) is 0 Å². The number of anilines is 1. The van der Waals surface area contributed by atoms with Crippen LogP contribution in [0.3, 0.4) is 0 Å². The number of nitrogens with two attached hydrogens (primary N) is 1. The van der Waals surface area contributed by atoms with Crippen molar-refractivity contribution in [2.45, 2.75) is 13.5 Å². The van der Waals surface area contributed by atoms with Gasteiger partial charge in [-0.05, 0) is 36.8 Å². The largest absolute Gasteiger partial charge is 0.369 e. The summed E-state index contributed by atoms with van der Waals surface area (Å²) in [4.78, 5) is 16.0. The Balaban J connectivity index is 1.56. The van der Waals surface area contributed by atoms with Gasteiger partial charge < -0.3 is 10.6 Å². The van der Waals surface area contributed by atoms with Crippen LogP contribution in [0, 0.1) is 6.92 Å². The van der Waals surface area contributed by atoms with Gasteiger partial charge in [0.05, 0.1) is 0 Å². The van der Waals surface area contributed by atoms with Gasteiger partial charge in [0, 0.05) is 44.0 Å². The Morgan fingerprint density at radius 3 is 2.35 bits per heavy atom. The summed E-state index contributed by atoms with van der Waals surface area (Å²) < 4.78 is 0. The van der Waals surface area contributed by atoms with Crippen LogP contribution in [0.2, 0.25) is 0 Å². The van der Waals surface area contributed by atoms with Gasteiger partial charge in [0.2, 0.25) is 5.91 Å². The standard InChI is InChI=1S/C19H23N3O/c1-15-3-2-4-16(13-15)14-21-9-11-22(12-10-21)18-7-5-17(6-8-18)19(20)23/h2-8,13H,9-12,14H2,1H3,(H2,20,23). The maximum atomic E-state index is 11.1. The third-order valence-electron chi connectivity index (χ3n) is 4.38. The first-order valence-corrected chi connectivity index (χ1v) is 8.04. The topological polar surface area (TPSA) is 49.6 Å². The normalized spacial score (nSPS) is 15.6. The molecule has 4 heteroatoms. The predicted octanol–water partition coefficient (Wildman–Crippen LogP) is 2.42. The Labute approximate surface area is 137 Å². The Morgan fingerprint density at radius 2 is 1.74 bits per heavy atom. The van der Waals surface area contributed by atoms with Crippen LogP contribution in [0.25, 0.3) is 0 Å². The van der Waals surface area contributed by atoms with Crippen molar-refractivity contribution in [3.63, 3.8) is 0 Å². The van der Waals surface area contributed by atoms with Crippen LogP contribution in [-0.2, 0) is 6.54 Å². The molecule has 0 atom stereocenters. The van der Waals surface area contributed by atoms with Crippen molar-refractivity contribution in [1.82, 2.24) is 4.90 Å². The average molecular weight is 309 g/mol. The number of rotatable bonds is 4. The van der Waals surface area contributed by atoms with E-state index in [1.165, 1.54) is 11.1 Å². The van der Waals surface area contributed by atoms with E-state index in [2.05, 4.69) is 41.0 Å². The van der Waals surface area contributed by atoms with Crippen molar-refractivity contribution in [1.29, 1.82) is 0 Å². The molecule has 1 heterocycles. The Hall–Kier alpha value is -2.33. The lowest BCUT2D eigenvalue weighted by Gasteiger charge is -2.36. The monoisotopic (exact) mass is 309 g/mol. The van der Waals surface area contributed by atoms with E-state index < -0.39 is 0 Å². The van der Waals surface area contributed by atoms with Gasteiger partial charge in [0.15, 0.2) is 0 Å². The molecule has 0 aliphatic carbocycles. The highest BCUT2D eigenvalue weighted by Crippen LogP contribution is 2.18. The number of piperazine rings is 1. The van der Waals surface area contributed by atoms with Gasteiger partial charge >= 0.3 is 0 Å². The molecule has 0 unspecified atom stereocenters. The minimum absolute atomic E-state index is 0.375. The summed E-state index contributed by atoms with van der Waals surface area (Å²) in [7, 11) is 0. The zero-order chi connectivity index (χ0) is 16.2. The molecule has 0 spiro atoms. The summed E-state index contributed by atoms with van der Waals surface area (Å²) in [6, 6.07) is 16.3. The molecule has 0 radical (unpaired) electrons. The van der Waals surface area contributed by atoms with Crippen LogP contribution in [0.4, 0.5) is 5.69 Å². The van der Waals surface area contributed by atoms with E-state index >= 15 is 0 Å². The summed E-state index contributed by atoms with van der Waals surface area (Å²) in [5.74, 6) is -0.375. The first-order valence-electron chi connectivity index (χ1n) is 8.04. The number of benzene rings is 2. The van der Waals surface area contributed by atoms with Gasteiger partial charge in [-0.2, -0.15) is 0 Å². The third-order valence-corrected chi connectivity index (χ3v) is 4.38. The van der Waals surface area contributed by atoms with Crippen molar-refractivity contribution in [2.75, 3.05) is 31.1 Å². The van der Waals surface area contributed by atoms with E-state index in [1.807, 2.05) is 12.1 Å². The second kappa shape index (κ2) is 6.84.